The van der Waals surface area contributed by atoms with E-state index in [1.54, 1.807) is 0 Å². The van der Waals surface area contributed by atoms with E-state index in [0.29, 0.717) is 19.3 Å². The molecule has 1 aliphatic rings. The number of carbonyl (C=O) groups is 1. The van der Waals surface area contributed by atoms with Crippen LogP contribution < -0.4 is 5.32 Å². The molecule has 0 spiro atoms. The Hall–Kier alpha value is -1.67. The smallest absolute Gasteiger partial charge is 0.249 e. The lowest BCUT2D eigenvalue weighted by Gasteiger charge is -2.40. The highest BCUT2D eigenvalue weighted by Crippen LogP contribution is 2.24. The number of aliphatic hydroxyl groups excluding tert-OH is 7. The highest BCUT2D eigenvalue weighted by molar-refractivity contribution is 5.80. The molecule has 0 aromatic rings. The van der Waals surface area contributed by atoms with Crippen LogP contribution in [0.5, 0.6) is 0 Å². The van der Waals surface area contributed by atoms with Crippen molar-refractivity contribution in [2.75, 3.05) is 13.2 Å². The molecule has 0 aromatic heterocycles. The Morgan fingerprint density at radius 3 is 1.16 bits per heavy atom. The molecule has 1 aliphatic heterocycles. The van der Waals surface area contributed by atoms with E-state index >= 15 is 0 Å². The molecule has 0 bridgehead atoms. The fourth-order valence-corrected chi connectivity index (χ4v) is 10.6. The Kier molecular flexibility index (Phi) is 52.3. The summed E-state index contributed by atoms with van der Waals surface area (Å²) in [6.45, 7) is 3.48. The minimum atomic E-state index is -1.67. The van der Waals surface area contributed by atoms with Crippen molar-refractivity contribution in [3.63, 3.8) is 0 Å². The summed E-state index contributed by atoms with van der Waals surface area (Å²) in [5.41, 5.74) is 0. The summed E-state index contributed by atoms with van der Waals surface area (Å²) < 4.78 is 11.2. The van der Waals surface area contributed by atoms with Crippen molar-refractivity contribution in [2.45, 2.75) is 364 Å². The summed E-state index contributed by atoms with van der Waals surface area (Å²) in [4.78, 5) is 13.2. The van der Waals surface area contributed by atoms with E-state index in [2.05, 4.69) is 55.6 Å². The van der Waals surface area contributed by atoms with Crippen molar-refractivity contribution in [3.05, 3.63) is 36.5 Å². The van der Waals surface area contributed by atoms with Crippen molar-refractivity contribution in [2.24, 2.45) is 0 Å². The number of carbonyl (C=O) groups excluding carboxylic acids is 1. The molecule has 1 rings (SSSR count). The number of ether oxygens (including phenoxy) is 2. The minimum absolute atomic E-state index is 0.247. The summed E-state index contributed by atoms with van der Waals surface area (Å²) in [5, 5.41) is 76.3. The lowest BCUT2D eigenvalue weighted by Crippen LogP contribution is -2.60. The summed E-state index contributed by atoms with van der Waals surface area (Å²) in [6, 6.07) is -1.19. The van der Waals surface area contributed by atoms with Crippen LogP contribution in [0.3, 0.4) is 0 Å². The molecule has 8 N–H and O–H groups in total. The zero-order valence-electron chi connectivity index (χ0n) is 50.0. The van der Waals surface area contributed by atoms with Gasteiger partial charge >= 0.3 is 0 Å². The number of hydrogen-bond donors (Lipinski definition) is 8. The molecule has 1 fully saturated rings. The van der Waals surface area contributed by atoms with Gasteiger partial charge in [0.25, 0.3) is 0 Å². The monoisotopic (exact) mass is 1090 g/mol. The first-order valence-corrected chi connectivity index (χ1v) is 32.9. The summed E-state index contributed by atoms with van der Waals surface area (Å²) in [5.74, 6) is -0.708. The van der Waals surface area contributed by atoms with E-state index in [-0.39, 0.29) is 12.8 Å². The van der Waals surface area contributed by atoms with Gasteiger partial charge in [0.05, 0.1) is 25.4 Å². The van der Waals surface area contributed by atoms with Gasteiger partial charge in [0.2, 0.25) is 5.91 Å². The molecule has 77 heavy (non-hydrogen) atoms. The van der Waals surface area contributed by atoms with Crippen LogP contribution in [0.4, 0.5) is 0 Å². The zero-order chi connectivity index (χ0) is 56.1. The van der Waals surface area contributed by atoms with Crippen molar-refractivity contribution in [3.8, 4) is 0 Å². The molecule has 0 saturated carbocycles. The Morgan fingerprint density at radius 2 is 0.779 bits per heavy atom. The quantitative estimate of drug-likeness (QED) is 0.0215. The van der Waals surface area contributed by atoms with E-state index in [1.165, 1.54) is 225 Å². The van der Waals surface area contributed by atoms with Gasteiger partial charge in [-0.2, -0.15) is 0 Å². The first-order valence-electron chi connectivity index (χ1n) is 32.9. The molecule has 454 valence electrons. The van der Waals surface area contributed by atoms with E-state index < -0.39 is 74.2 Å². The second kappa shape index (κ2) is 54.9. The first kappa shape index (κ1) is 73.3. The van der Waals surface area contributed by atoms with E-state index in [0.717, 1.165) is 38.5 Å². The number of hydrogen-bond acceptors (Lipinski definition) is 10. The Morgan fingerprint density at radius 1 is 0.442 bits per heavy atom. The molecule has 1 saturated heterocycles. The highest BCUT2D eigenvalue weighted by Gasteiger charge is 2.44. The Labute approximate surface area is 473 Å². The molecule has 9 atom stereocenters. The highest BCUT2D eigenvalue weighted by atomic mass is 16.7. The molecule has 11 heteroatoms. The van der Waals surface area contributed by atoms with Crippen LogP contribution in [0.15, 0.2) is 36.5 Å². The lowest BCUT2D eigenvalue weighted by molar-refractivity contribution is -0.303. The van der Waals surface area contributed by atoms with Gasteiger partial charge in [0, 0.05) is 0 Å². The van der Waals surface area contributed by atoms with Crippen LogP contribution in [0.25, 0.3) is 0 Å². The van der Waals surface area contributed by atoms with Crippen LogP contribution in [0, 0.1) is 0 Å². The standard InChI is InChI=1S/C66H125NO10/c1-3-5-7-9-11-13-15-17-19-21-23-25-27-29-31-33-35-37-39-41-43-45-47-49-51-53-58(69)61(71)57(56-76-66-64(74)63(73)62(72)60(55-68)77-66)67-65(75)59(70)54-52-50-48-46-44-42-40-38-36-34-32-30-28-26-24-22-20-18-16-14-12-10-8-6-4-2/h30,32,37,39,45,47,57-64,66,68-74H,3-29,31,33-36,38,40-44,46,48-56H2,1-2H3,(H,67,75)/b32-30-,39-37+,47-45+. The van der Waals surface area contributed by atoms with Gasteiger partial charge < -0.3 is 50.5 Å². The Bertz CT molecular complexity index is 1350. The molecule has 1 amide bonds. The molecule has 11 nitrogen and oxygen atoms in total. The maximum Gasteiger partial charge on any atom is 0.249 e. The lowest BCUT2D eigenvalue weighted by atomic mass is 9.98. The van der Waals surface area contributed by atoms with Crippen LogP contribution >= 0.6 is 0 Å². The predicted octanol–water partition coefficient (Wildman–Crippen LogP) is 15.0. The van der Waals surface area contributed by atoms with Gasteiger partial charge in [-0.05, 0) is 77.0 Å². The van der Waals surface area contributed by atoms with Crippen LogP contribution in [0.2, 0.25) is 0 Å². The van der Waals surface area contributed by atoms with Gasteiger partial charge in [0.15, 0.2) is 6.29 Å². The maximum absolute atomic E-state index is 13.2. The molecular weight excluding hydrogens is 967 g/mol. The zero-order valence-corrected chi connectivity index (χ0v) is 50.0. The molecule has 9 unspecified atom stereocenters. The van der Waals surface area contributed by atoms with Gasteiger partial charge in [0.1, 0.15) is 36.6 Å². The molecule has 0 aromatic carbocycles. The van der Waals surface area contributed by atoms with Crippen LogP contribution in [0.1, 0.15) is 309 Å². The van der Waals surface area contributed by atoms with Gasteiger partial charge in [-0.25, -0.2) is 0 Å². The van der Waals surface area contributed by atoms with Crippen LogP contribution in [-0.4, -0.2) is 110 Å². The number of rotatable bonds is 57. The van der Waals surface area contributed by atoms with Gasteiger partial charge in [-0.15, -0.1) is 0 Å². The average Bonchev–Trinajstić information content (AvgIpc) is 3.43. The van der Waals surface area contributed by atoms with Gasteiger partial charge in [-0.3, -0.25) is 4.79 Å². The van der Waals surface area contributed by atoms with E-state index in [9.17, 15) is 40.5 Å². The molecule has 0 aliphatic carbocycles. The second-order valence-electron chi connectivity index (χ2n) is 23.2. The fraction of sp³-hybridized carbons (Fsp3) is 0.894. The number of allylic oxidation sites excluding steroid dienone is 6. The van der Waals surface area contributed by atoms with Crippen molar-refractivity contribution >= 4 is 5.91 Å². The minimum Gasteiger partial charge on any atom is -0.394 e. The van der Waals surface area contributed by atoms with Crippen molar-refractivity contribution in [1.82, 2.24) is 5.32 Å². The number of aliphatic hydroxyl groups is 7. The first-order chi connectivity index (χ1) is 37.7. The molecular formula is C66H125NO10. The van der Waals surface area contributed by atoms with Crippen LogP contribution in [-0.2, 0) is 14.3 Å². The third kappa shape index (κ3) is 42.8. The fourth-order valence-electron chi connectivity index (χ4n) is 10.6. The normalized spacial score (nSPS) is 19.7. The van der Waals surface area contributed by atoms with Crippen molar-refractivity contribution in [1.29, 1.82) is 0 Å². The second-order valence-corrected chi connectivity index (χ2v) is 23.2. The maximum atomic E-state index is 13.2. The summed E-state index contributed by atoms with van der Waals surface area (Å²) in [6.07, 6.45) is 57.9. The number of amides is 1. The van der Waals surface area contributed by atoms with E-state index in [4.69, 9.17) is 9.47 Å². The largest absolute Gasteiger partial charge is 0.394 e. The molecule has 0 radical (unpaired) electrons. The third-order valence-corrected chi connectivity index (χ3v) is 15.9. The summed E-state index contributed by atoms with van der Waals surface area (Å²) >= 11 is 0. The molecule has 1 heterocycles. The number of unbranched alkanes of at least 4 members (excludes halogenated alkanes) is 39. The number of nitrogens with one attached hydrogen (secondary N) is 1. The third-order valence-electron chi connectivity index (χ3n) is 15.9. The SMILES string of the molecule is CCCCCCCCCCCCCC/C=C\CCCCCCCCCCCC(O)C(=O)NC(COC1OC(CO)C(O)C(O)C1O)C(O)C(O)CCC/C=C/CC/C=C/CCCCCCCCCCCCCCCCCC. The van der Waals surface area contributed by atoms with E-state index in [1.807, 2.05) is 0 Å². The Balaban J connectivity index is 2.28. The van der Waals surface area contributed by atoms with Gasteiger partial charge in [-0.1, -0.05) is 269 Å². The van der Waals surface area contributed by atoms with Crippen molar-refractivity contribution < 1.29 is 50.0 Å². The predicted molar refractivity (Wildman–Crippen MR) is 321 cm³/mol. The average molecular weight is 1090 g/mol. The topological polar surface area (TPSA) is 189 Å². The summed E-state index contributed by atoms with van der Waals surface area (Å²) in [7, 11) is 0.